The van der Waals surface area contributed by atoms with Crippen LogP contribution in [0, 0.1) is 0 Å². The van der Waals surface area contributed by atoms with Crippen molar-refractivity contribution in [2.75, 3.05) is 0 Å². The smallest absolute Gasteiger partial charge is 0.199 e. The van der Waals surface area contributed by atoms with Crippen LogP contribution in [0.4, 0.5) is 0 Å². The van der Waals surface area contributed by atoms with Gasteiger partial charge in [-0.1, -0.05) is 41.9 Å². The van der Waals surface area contributed by atoms with Crippen molar-refractivity contribution < 1.29 is 13.2 Å². The van der Waals surface area contributed by atoms with Gasteiger partial charge >= 0.3 is 0 Å². The van der Waals surface area contributed by atoms with E-state index in [9.17, 15) is 8.42 Å². The van der Waals surface area contributed by atoms with Gasteiger partial charge < -0.3 is 4.74 Å². The van der Waals surface area contributed by atoms with Crippen molar-refractivity contribution in [2.45, 2.75) is 17.1 Å². The molecule has 0 aliphatic carbocycles. The lowest BCUT2D eigenvalue weighted by Gasteiger charge is -1.97. The molecule has 0 saturated carbocycles. The Morgan fingerprint density at radius 2 is 1.67 bits per heavy atom. The third kappa shape index (κ3) is 3.35. The molecule has 0 aromatic heterocycles. The Balaban J connectivity index is 1.70. The highest BCUT2D eigenvalue weighted by atomic mass is 35.5. The molecule has 0 amide bonds. The summed E-state index contributed by atoms with van der Waals surface area (Å²) in [5, 5.41) is 1.88. The van der Waals surface area contributed by atoms with Gasteiger partial charge in [0.25, 0.3) is 0 Å². The summed E-state index contributed by atoms with van der Waals surface area (Å²) in [6.45, 7) is 0. The number of epoxide rings is 1. The minimum atomic E-state index is -3.41. The predicted molar refractivity (Wildman–Crippen MR) is 81.8 cm³/mol. The fourth-order valence-electron chi connectivity index (χ4n) is 2.06. The molecular formula is C16H13ClO3S. The molecule has 21 heavy (non-hydrogen) atoms. The highest BCUT2D eigenvalue weighted by molar-refractivity contribution is 7.94. The maximum atomic E-state index is 12.1. The van der Waals surface area contributed by atoms with Crippen molar-refractivity contribution in [1.29, 1.82) is 0 Å². The van der Waals surface area contributed by atoms with E-state index < -0.39 is 9.84 Å². The van der Waals surface area contributed by atoms with E-state index in [4.69, 9.17) is 16.3 Å². The first kappa shape index (κ1) is 14.3. The van der Waals surface area contributed by atoms with Crippen LogP contribution in [-0.2, 0) is 14.6 Å². The molecule has 1 fully saturated rings. The zero-order valence-corrected chi connectivity index (χ0v) is 12.6. The van der Waals surface area contributed by atoms with Gasteiger partial charge in [0.05, 0.1) is 4.90 Å². The summed E-state index contributed by atoms with van der Waals surface area (Å²) < 4.78 is 29.7. The molecule has 108 valence electrons. The largest absolute Gasteiger partial charge is 0.360 e. The van der Waals surface area contributed by atoms with Gasteiger partial charge in [-0.3, -0.25) is 0 Å². The summed E-state index contributed by atoms with van der Waals surface area (Å²) in [5.74, 6) is 0. The predicted octanol–water partition coefficient (Wildman–Crippen LogP) is 3.77. The van der Waals surface area contributed by atoms with E-state index in [-0.39, 0.29) is 17.1 Å². The normalized spacial score (nSPS) is 21.6. The molecule has 3 rings (SSSR count). The van der Waals surface area contributed by atoms with Crippen molar-refractivity contribution in [2.24, 2.45) is 0 Å². The van der Waals surface area contributed by atoms with Gasteiger partial charge in [-0.2, -0.15) is 0 Å². The van der Waals surface area contributed by atoms with Gasteiger partial charge in [-0.05, 0) is 35.9 Å². The Morgan fingerprint density at radius 3 is 2.33 bits per heavy atom. The lowest BCUT2D eigenvalue weighted by Crippen LogP contribution is -1.96. The first-order chi connectivity index (χ1) is 10.1. The first-order valence-corrected chi connectivity index (χ1v) is 8.38. The molecule has 2 atom stereocenters. The SMILES string of the molecule is O=S(=O)(/C=C/[C@@H]1O[C@@H]1c1ccc(Cl)cc1)c1ccccc1. The number of hydrogen-bond donors (Lipinski definition) is 0. The van der Waals surface area contributed by atoms with Crippen LogP contribution < -0.4 is 0 Å². The molecule has 5 heteroatoms. The fourth-order valence-corrected chi connectivity index (χ4v) is 3.24. The van der Waals surface area contributed by atoms with E-state index in [0.717, 1.165) is 5.56 Å². The molecule has 3 nitrogen and oxygen atoms in total. The lowest BCUT2D eigenvalue weighted by atomic mass is 10.1. The second-order valence-electron chi connectivity index (χ2n) is 4.76. The van der Waals surface area contributed by atoms with Crippen LogP contribution in [0.5, 0.6) is 0 Å². The average Bonchev–Trinajstić information content (AvgIpc) is 3.27. The van der Waals surface area contributed by atoms with E-state index in [0.29, 0.717) is 5.02 Å². The molecule has 0 bridgehead atoms. The molecular weight excluding hydrogens is 308 g/mol. The topological polar surface area (TPSA) is 46.7 Å². The number of hydrogen-bond acceptors (Lipinski definition) is 3. The number of rotatable bonds is 4. The fraction of sp³-hybridized carbons (Fsp3) is 0.125. The molecule has 2 aromatic rings. The van der Waals surface area contributed by atoms with E-state index in [1.165, 1.54) is 5.41 Å². The minimum absolute atomic E-state index is 0.0931. The van der Waals surface area contributed by atoms with Gasteiger partial charge in [0.2, 0.25) is 0 Å². The molecule has 1 saturated heterocycles. The number of benzene rings is 2. The average molecular weight is 321 g/mol. The van der Waals surface area contributed by atoms with Gasteiger partial charge in [0.1, 0.15) is 12.2 Å². The Bertz CT molecular complexity index is 752. The van der Waals surface area contributed by atoms with Crippen molar-refractivity contribution in [3.05, 3.63) is 76.7 Å². The molecule has 1 heterocycles. The van der Waals surface area contributed by atoms with E-state index in [1.807, 2.05) is 12.1 Å². The maximum Gasteiger partial charge on any atom is 0.199 e. The van der Waals surface area contributed by atoms with E-state index in [1.54, 1.807) is 48.5 Å². The molecule has 1 aliphatic rings. The third-order valence-electron chi connectivity index (χ3n) is 3.24. The van der Waals surface area contributed by atoms with Crippen LogP contribution in [0.3, 0.4) is 0 Å². The standard InChI is InChI=1S/C16H13ClO3S/c17-13-8-6-12(7-9-13)16-15(20-16)10-11-21(18,19)14-4-2-1-3-5-14/h1-11,15-16H/b11-10+/t15-,16+/m0/s1. The first-order valence-electron chi connectivity index (χ1n) is 6.45. The second-order valence-corrected chi connectivity index (χ2v) is 7.03. The van der Waals surface area contributed by atoms with Crippen molar-refractivity contribution in [3.8, 4) is 0 Å². The Kier molecular flexibility index (Phi) is 3.85. The molecule has 0 spiro atoms. The van der Waals surface area contributed by atoms with Crippen LogP contribution >= 0.6 is 11.6 Å². The summed E-state index contributed by atoms with van der Waals surface area (Å²) >= 11 is 5.83. The van der Waals surface area contributed by atoms with Gasteiger partial charge in [0, 0.05) is 10.4 Å². The van der Waals surface area contributed by atoms with Crippen molar-refractivity contribution >= 4 is 21.4 Å². The molecule has 1 aliphatic heterocycles. The second kappa shape index (κ2) is 5.64. The zero-order chi connectivity index (χ0) is 14.9. The lowest BCUT2D eigenvalue weighted by molar-refractivity contribution is 0.394. The summed E-state index contributed by atoms with van der Waals surface area (Å²) in [6.07, 6.45) is 1.29. The Hall–Kier alpha value is -1.62. The Labute approximate surface area is 128 Å². The van der Waals surface area contributed by atoms with Gasteiger partial charge in [0.15, 0.2) is 9.84 Å². The highest BCUT2D eigenvalue weighted by Crippen LogP contribution is 2.40. The van der Waals surface area contributed by atoms with E-state index >= 15 is 0 Å². The van der Waals surface area contributed by atoms with Crippen LogP contribution in [0.15, 0.2) is 71.0 Å². The molecule has 0 N–H and O–H groups in total. The summed E-state index contributed by atoms with van der Waals surface area (Å²) in [5.41, 5.74) is 0.992. The van der Waals surface area contributed by atoms with E-state index in [2.05, 4.69) is 0 Å². The highest BCUT2D eigenvalue weighted by Gasteiger charge is 2.38. The van der Waals surface area contributed by atoms with Gasteiger partial charge in [-0.25, -0.2) is 8.42 Å². The van der Waals surface area contributed by atoms with Crippen molar-refractivity contribution in [1.82, 2.24) is 0 Å². The maximum absolute atomic E-state index is 12.1. The van der Waals surface area contributed by atoms with Gasteiger partial charge in [-0.15, -0.1) is 0 Å². The summed E-state index contributed by atoms with van der Waals surface area (Å²) in [4.78, 5) is 0.282. The molecule has 0 unspecified atom stereocenters. The quantitative estimate of drug-likeness (QED) is 0.806. The van der Waals surface area contributed by atoms with Crippen LogP contribution in [0.2, 0.25) is 5.02 Å². The summed E-state index contributed by atoms with van der Waals surface area (Å²) in [6, 6.07) is 15.7. The van der Waals surface area contributed by atoms with Crippen LogP contribution in [-0.4, -0.2) is 14.5 Å². The number of ether oxygens (including phenoxy) is 1. The third-order valence-corrected chi connectivity index (χ3v) is 4.94. The van der Waals surface area contributed by atoms with Crippen LogP contribution in [0.25, 0.3) is 0 Å². The minimum Gasteiger partial charge on any atom is -0.360 e. The van der Waals surface area contributed by atoms with Crippen LogP contribution in [0.1, 0.15) is 11.7 Å². The van der Waals surface area contributed by atoms with Crippen molar-refractivity contribution in [3.63, 3.8) is 0 Å². The zero-order valence-electron chi connectivity index (χ0n) is 11.0. The molecule has 2 aromatic carbocycles. The molecule has 0 radical (unpaired) electrons. The number of sulfone groups is 1. The Morgan fingerprint density at radius 1 is 1.00 bits per heavy atom. The summed E-state index contributed by atoms with van der Waals surface area (Å²) in [7, 11) is -3.41. The monoisotopic (exact) mass is 320 g/mol. The number of halogens is 1.